The van der Waals surface area contributed by atoms with Crippen molar-refractivity contribution in [2.24, 2.45) is 0 Å². The summed E-state index contributed by atoms with van der Waals surface area (Å²) >= 11 is 0. The molecule has 0 aromatic rings. The maximum absolute atomic E-state index is 10.5. The highest BCUT2D eigenvalue weighted by molar-refractivity contribution is 5.66. The van der Waals surface area contributed by atoms with Crippen LogP contribution in [0.2, 0.25) is 0 Å². The van der Waals surface area contributed by atoms with Crippen LogP contribution in [0.1, 0.15) is 51.9 Å². The predicted molar refractivity (Wildman–Crippen MR) is 109 cm³/mol. The Morgan fingerprint density at radius 1 is 1.11 bits per heavy atom. The van der Waals surface area contributed by atoms with E-state index >= 15 is 0 Å². The lowest BCUT2D eigenvalue weighted by atomic mass is 10.0. The molecule has 0 aliphatic carbocycles. The highest BCUT2D eigenvalue weighted by Gasteiger charge is 2.36. The molecule has 1 fully saturated rings. The van der Waals surface area contributed by atoms with Crippen LogP contribution in [-0.4, -0.2) is 56.9 Å². The van der Waals surface area contributed by atoms with Gasteiger partial charge in [-0.05, 0) is 32.1 Å². The lowest BCUT2D eigenvalue weighted by molar-refractivity contribution is -0.136. The number of rotatable bonds is 13. The summed E-state index contributed by atoms with van der Waals surface area (Å²) in [6, 6.07) is 0. The monoisotopic (exact) mass is 394 g/mol. The summed E-state index contributed by atoms with van der Waals surface area (Å²) in [5.41, 5.74) is 0. The molecule has 4 N–H and O–H groups in total. The molecule has 0 bridgehead atoms. The summed E-state index contributed by atoms with van der Waals surface area (Å²) in [7, 11) is 0. The Morgan fingerprint density at radius 2 is 1.86 bits per heavy atom. The maximum Gasteiger partial charge on any atom is 0.303 e. The van der Waals surface area contributed by atoms with Gasteiger partial charge in [0.1, 0.15) is 0 Å². The molecule has 1 aliphatic heterocycles. The Balaban J connectivity index is 2.33. The molecule has 1 aliphatic rings. The fourth-order valence-corrected chi connectivity index (χ4v) is 2.87. The van der Waals surface area contributed by atoms with E-state index in [4.69, 9.17) is 9.84 Å². The summed E-state index contributed by atoms with van der Waals surface area (Å²) in [4.78, 5) is 10.5. The van der Waals surface area contributed by atoms with Gasteiger partial charge in [-0.2, -0.15) is 0 Å². The molecule has 0 amide bonds. The Hall–Kier alpha value is -1.73. The zero-order valence-corrected chi connectivity index (χ0v) is 16.6. The smallest absolute Gasteiger partial charge is 0.303 e. The molecule has 1 heterocycles. The number of hydrogen-bond donors (Lipinski definition) is 4. The lowest BCUT2D eigenvalue weighted by Gasteiger charge is -2.16. The Kier molecular flexibility index (Phi) is 12.4. The van der Waals surface area contributed by atoms with Crippen molar-refractivity contribution in [3.05, 3.63) is 48.6 Å². The van der Waals surface area contributed by atoms with Gasteiger partial charge in [-0.25, -0.2) is 0 Å². The molecular formula is C22H34O6. The fourth-order valence-electron chi connectivity index (χ4n) is 2.87. The van der Waals surface area contributed by atoms with Crippen LogP contribution < -0.4 is 0 Å². The van der Waals surface area contributed by atoms with Gasteiger partial charge in [0.15, 0.2) is 0 Å². The maximum atomic E-state index is 10.5. The first-order valence-electron chi connectivity index (χ1n) is 9.98. The standard InChI is InChI=1S/C22H34O6/c1-2-3-4-5-6-8-11-17(23)14-15-18(24)21-16-19(25)20(28-21)12-9-7-10-13-22(26)27/h3-4,6-9,14-15,17-21,23-25H,2,5,10-13,16H2,1H3,(H,26,27)/b4-3-,8-6-,9-7-,15-14+/t17-,18+,19+,20-,21+/m0/s1. The molecule has 0 aromatic heterocycles. The molecule has 5 atom stereocenters. The summed E-state index contributed by atoms with van der Waals surface area (Å²) in [6.07, 6.45) is 15.1. The molecule has 0 saturated carbocycles. The van der Waals surface area contributed by atoms with Crippen molar-refractivity contribution >= 4 is 5.97 Å². The van der Waals surface area contributed by atoms with E-state index in [1.807, 2.05) is 12.2 Å². The molecule has 1 rings (SSSR count). The van der Waals surface area contributed by atoms with Gasteiger partial charge in [-0.3, -0.25) is 4.79 Å². The van der Waals surface area contributed by atoms with E-state index in [1.165, 1.54) is 6.08 Å². The van der Waals surface area contributed by atoms with E-state index in [0.717, 1.165) is 12.8 Å². The highest BCUT2D eigenvalue weighted by Crippen LogP contribution is 2.26. The minimum Gasteiger partial charge on any atom is -0.481 e. The molecule has 0 radical (unpaired) electrons. The van der Waals surface area contributed by atoms with Crippen molar-refractivity contribution in [3.8, 4) is 0 Å². The van der Waals surface area contributed by atoms with E-state index < -0.39 is 36.5 Å². The van der Waals surface area contributed by atoms with Crippen molar-refractivity contribution in [3.63, 3.8) is 0 Å². The quantitative estimate of drug-likeness (QED) is 0.358. The van der Waals surface area contributed by atoms with Gasteiger partial charge in [-0.15, -0.1) is 0 Å². The normalized spacial score (nSPS) is 25.5. The van der Waals surface area contributed by atoms with Crippen LogP contribution in [0.15, 0.2) is 48.6 Å². The number of carboxylic acid groups (broad SMARTS) is 1. The summed E-state index contributed by atoms with van der Waals surface area (Å²) in [5.74, 6) is -0.845. The number of carboxylic acids is 1. The third-order valence-corrected chi connectivity index (χ3v) is 4.44. The first kappa shape index (κ1) is 24.3. The molecule has 28 heavy (non-hydrogen) atoms. The van der Waals surface area contributed by atoms with Crippen molar-refractivity contribution in [2.75, 3.05) is 0 Å². The molecule has 6 heteroatoms. The third kappa shape index (κ3) is 10.6. The van der Waals surface area contributed by atoms with Gasteiger partial charge in [0, 0.05) is 12.8 Å². The van der Waals surface area contributed by atoms with Crippen LogP contribution >= 0.6 is 0 Å². The van der Waals surface area contributed by atoms with Gasteiger partial charge >= 0.3 is 5.97 Å². The van der Waals surface area contributed by atoms with Crippen LogP contribution in [-0.2, 0) is 9.53 Å². The number of allylic oxidation sites excluding steroid dienone is 4. The van der Waals surface area contributed by atoms with E-state index in [9.17, 15) is 20.1 Å². The van der Waals surface area contributed by atoms with Crippen molar-refractivity contribution < 1.29 is 30.0 Å². The van der Waals surface area contributed by atoms with Crippen LogP contribution in [0.4, 0.5) is 0 Å². The number of carbonyl (C=O) groups is 1. The van der Waals surface area contributed by atoms with E-state index in [-0.39, 0.29) is 6.42 Å². The van der Waals surface area contributed by atoms with Crippen LogP contribution in [0, 0.1) is 0 Å². The molecule has 1 saturated heterocycles. The van der Waals surface area contributed by atoms with Crippen LogP contribution in [0.3, 0.4) is 0 Å². The Bertz CT molecular complexity index is 551. The zero-order valence-electron chi connectivity index (χ0n) is 16.6. The van der Waals surface area contributed by atoms with Crippen molar-refractivity contribution in [1.29, 1.82) is 0 Å². The predicted octanol–water partition coefficient (Wildman–Crippen LogP) is 2.90. The minimum absolute atomic E-state index is 0.0731. The summed E-state index contributed by atoms with van der Waals surface area (Å²) in [5, 5.41) is 38.8. The molecule has 0 aromatic carbocycles. The van der Waals surface area contributed by atoms with Crippen molar-refractivity contribution in [2.45, 2.75) is 82.4 Å². The van der Waals surface area contributed by atoms with Crippen LogP contribution in [0.5, 0.6) is 0 Å². The lowest BCUT2D eigenvalue weighted by Crippen LogP contribution is -2.24. The van der Waals surface area contributed by atoms with Gasteiger partial charge in [0.2, 0.25) is 0 Å². The number of aliphatic hydroxyl groups excluding tert-OH is 3. The molecule has 0 unspecified atom stereocenters. The largest absolute Gasteiger partial charge is 0.481 e. The molecular weight excluding hydrogens is 360 g/mol. The Morgan fingerprint density at radius 3 is 2.57 bits per heavy atom. The first-order chi connectivity index (χ1) is 13.4. The van der Waals surface area contributed by atoms with Crippen molar-refractivity contribution in [1.82, 2.24) is 0 Å². The van der Waals surface area contributed by atoms with Gasteiger partial charge < -0.3 is 25.2 Å². The second kappa shape index (κ2) is 14.3. The second-order valence-electron chi connectivity index (χ2n) is 6.92. The van der Waals surface area contributed by atoms with Gasteiger partial charge in [-0.1, -0.05) is 55.5 Å². The van der Waals surface area contributed by atoms with E-state index in [1.54, 1.807) is 18.2 Å². The second-order valence-corrected chi connectivity index (χ2v) is 6.92. The first-order valence-corrected chi connectivity index (χ1v) is 9.98. The fraction of sp³-hybridized carbons (Fsp3) is 0.591. The SMILES string of the molecule is CC/C=C\C/C=C\C[C@H](O)/C=C/[C@@H](O)[C@H]1C[C@@H](O)[C@H](C/C=C\CCC(=O)O)O1. The highest BCUT2D eigenvalue weighted by atomic mass is 16.5. The van der Waals surface area contributed by atoms with E-state index in [2.05, 4.69) is 19.1 Å². The van der Waals surface area contributed by atoms with Crippen LogP contribution in [0.25, 0.3) is 0 Å². The minimum atomic E-state index is -0.901. The van der Waals surface area contributed by atoms with Gasteiger partial charge in [0.25, 0.3) is 0 Å². The molecule has 0 spiro atoms. The topological polar surface area (TPSA) is 107 Å². The average molecular weight is 395 g/mol. The zero-order chi connectivity index (χ0) is 20.8. The summed E-state index contributed by atoms with van der Waals surface area (Å²) in [6.45, 7) is 2.08. The van der Waals surface area contributed by atoms with Gasteiger partial charge in [0.05, 0.1) is 30.5 Å². The number of aliphatic hydroxyl groups is 3. The molecule has 6 nitrogen and oxygen atoms in total. The summed E-state index contributed by atoms with van der Waals surface area (Å²) < 4.78 is 5.71. The average Bonchev–Trinajstić information content (AvgIpc) is 3.03. The van der Waals surface area contributed by atoms with E-state index in [0.29, 0.717) is 25.7 Å². The number of aliphatic carboxylic acids is 1. The molecule has 158 valence electrons. The number of hydrogen-bond acceptors (Lipinski definition) is 5. The Labute approximate surface area is 167 Å². The number of ether oxygens (including phenoxy) is 1. The third-order valence-electron chi connectivity index (χ3n) is 4.44.